The quantitative estimate of drug-likeness (QED) is 0.241. The van der Waals surface area contributed by atoms with Gasteiger partial charge in [-0.2, -0.15) is 0 Å². The molecule has 2 N–H and O–H groups in total. The fourth-order valence-corrected chi connectivity index (χ4v) is 4.66. The fraction of sp³-hybridized carbons (Fsp3) is 0.258. The lowest BCUT2D eigenvalue weighted by atomic mass is 9.84. The summed E-state index contributed by atoms with van der Waals surface area (Å²) in [5.74, 6) is -1.27. The first kappa shape index (κ1) is 26.7. The predicted octanol–water partition coefficient (Wildman–Crippen LogP) is 5.97. The third kappa shape index (κ3) is 5.18. The molecule has 4 rings (SSSR count). The van der Waals surface area contributed by atoms with Gasteiger partial charge in [-0.15, -0.1) is 0 Å². The molecule has 2 amide bonds. The Morgan fingerprint density at radius 1 is 1.00 bits per heavy atom. The van der Waals surface area contributed by atoms with Crippen LogP contribution in [0.3, 0.4) is 0 Å². The van der Waals surface area contributed by atoms with Crippen LogP contribution in [0.1, 0.15) is 57.4 Å². The van der Waals surface area contributed by atoms with E-state index in [1.165, 1.54) is 11.8 Å². The second kappa shape index (κ2) is 10.5. The zero-order valence-corrected chi connectivity index (χ0v) is 22.2. The first-order chi connectivity index (χ1) is 18.0. The van der Waals surface area contributed by atoms with Crippen LogP contribution in [0.2, 0.25) is 0 Å². The molecule has 0 aromatic heterocycles. The molecular formula is C31H32N2O5. The van der Waals surface area contributed by atoms with Crippen molar-refractivity contribution < 1.29 is 24.2 Å². The molecule has 3 aromatic carbocycles. The van der Waals surface area contributed by atoms with Gasteiger partial charge in [0.2, 0.25) is 5.91 Å². The zero-order valence-electron chi connectivity index (χ0n) is 22.2. The Hall–Kier alpha value is -4.39. The van der Waals surface area contributed by atoms with Crippen LogP contribution in [-0.4, -0.2) is 29.3 Å². The minimum atomic E-state index is -0.840. The number of nitrogens with zero attached hydrogens (tertiary/aromatic N) is 1. The molecule has 0 radical (unpaired) electrons. The summed E-state index contributed by atoms with van der Waals surface area (Å²) in [4.78, 5) is 39.7. The minimum absolute atomic E-state index is 0.0103. The lowest BCUT2D eigenvalue weighted by molar-refractivity contribution is -0.132. The number of hydrogen-bond acceptors (Lipinski definition) is 5. The summed E-state index contributed by atoms with van der Waals surface area (Å²) in [7, 11) is 0. The van der Waals surface area contributed by atoms with Crippen LogP contribution in [0.5, 0.6) is 5.75 Å². The van der Waals surface area contributed by atoms with Gasteiger partial charge in [0.25, 0.3) is 11.7 Å². The summed E-state index contributed by atoms with van der Waals surface area (Å²) in [6.45, 7) is 9.94. The number of anilines is 2. The van der Waals surface area contributed by atoms with E-state index < -0.39 is 17.7 Å². The average Bonchev–Trinajstić information content (AvgIpc) is 3.14. The number of ether oxygens (including phenoxy) is 1. The molecule has 1 unspecified atom stereocenters. The van der Waals surface area contributed by atoms with Gasteiger partial charge < -0.3 is 15.2 Å². The highest BCUT2D eigenvalue weighted by atomic mass is 16.5. The first-order valence-corrected chi connectivity index (χ1v) is 12.5. The van der Waals surface area contributed by atoms with Gasteiger partial charge in [-0.25, -0.2) is 0 Å². The molecular weight excluding hydrogens is 480 g/mol. The summed E-state index contributed by atoms with van der Waals surface area (Å²) in [5.41, 5.74) is 2.74. The van der Waals surface area contributed by atoms with Crippen LogP contribution in [0.4, 0.5) is 11.4 Å². The van der Waals surface area contributed by atoms with Crippen molar-refractivity contribution in [2.45, 2.75) is 46.1 Å². The molecule has 196 valence electrons. The van der Waals surface area contributed by atoms with E-state index in [0.717, 1.165) is 5.56 Å². The molecule has 1 atom stereocenters. The molecule has 7 heteroatoms. The summed E-state index contributed by atoms with van der Waals surface area (Å²) < 4.78 is 5.81. The van der Waals surface area contributed by atoms with E-state index in [1.54, 1.807) is 36.4 Å². The van der Waals surface area contributed by atoms with Crippen molar-refractivity contribution in [3.8, 4) is 5.75 Å². The average molecular weight is 513 g/mol. The maximum Gasteiger partial charge on any atom is 0.300 e. The third-order valence-electron chi connectivity index (χ3n) is 6.39. The molecule has 38 heavy (non-hydrogen) atoms. The lowest BCUT2D eigenvalue weighted by Gasteiger charge is -2.26. The minimum Gasteiger partial charge on any atom is -0.507 e. The number of hydrogen-bond donors (Lipinski definition) is 2. The van der Waals surface area contributed by atoms with Gasteiger partial charge in [0.1, 0.15) is 11.5 Å². The highest BCUT2D eigenvalue weighted by Crippen LogP contribution is 2.43. The number of aliphatic hydroxyl groups is 1. The van der Waals surface area contributed by atoms with E-state index in [9.17, 15) is 19.5 Å². The first-order valence-electron chi connectivity index (χ1n) is 12.5. The number of carbonyl (C=O) groups is 3. The highest BCUT2D eigenvalue weighted by molar-refractivity contribution is 6.51. The van der Waals surface area contributed by atoms with Gasteiger partial charge in [0.15, 0.2) is 0 Å². The molecule has 0 spiro atoms. The lowest BCUT2D eigenvalue weighted by Crippen LogP contribution is -2.29. The third-order valence-corrected chi connectivity index (χ3v) is 6.39. The number of Topliss-reactive ketones (excluding diaryl/α,β-unsaturated/α-hetero) is 1. The second-order valence-electron chi connectivity index (χ2n) is 10.2. The molecule has 0 bridgehead atoms. The van der Waals surface area contributed by atoms with Crippen molar-refractivity contribution in [1.29, 1.82) is 0 Å². The van der Waals surface area contributed by atoms with Crippen LogP contribution >= 0.6 is 0 Å². The Morgan fingerprint density at radius 3 is 2.24 bits per heavy atom. The van der Waals surface area contributed by atoms with Gasteiger partial charge in [-0.1, -0.05) is 51.1 Å². The normalized spacial score (nSPS) is 17.0. The number of rotatable bonds is 6. The van der Waals surface area contributed by atoms with Crippen LogP contribution in [0, 0.1) is 0 Å². The van der Waals surface area contributed by atoms with Crippen LogP contribution < -0.4 is 15.0 Å². The van der Waals surface area contributed by atoms with Gasteiger partial charge in [-0.3, -0.25) is 19.3 Å². The summed E-state index contributed by atoms with van der Waals surface area (Å²) in [6, 6.07) is 20.3. The van der Waals surface area contributed by atoms with Crippen LogP contribution in [-0.2, 0) is 19.8 Å². The van der Waals surface area contributed by atoms with E-state index >= 15 is 0 Å². The number of ketones is 1. The molecule has 1 aliphatic heterocycles. The van der Waals surface area contributed by atoms with Crippen molar-refractivity contribution in [2.75, 3.05) is 16.8 Å². The molecule has 7 nitrogen and oxygen atoms in total. The Kier molecular flexibility index (Phi) is 7.39. The van der Waals surface area contributed by atoms with Gasteiger partial charge in [-0.05, 0) is 60.4 Å². The highest BCUT2D eigenvalue weighted by Gasteiger charge is 2.47. The number of nitrogens with one attached hydrogen (secondary N) is 1. The number of benzene rings is 3. The van der Waals surface area contributed by atoms with Crippen molar-refractivity contribution in [3.63, 3.8) is 0 Å². The fourth-order valence-electron chi connectivity index (χ4n) is 4.66. The van der Waals surface area contributed by atoms with E-state index in [0.29, 0.717) is 34.9 Å². The predicted molar refractivity (Wildman–Crippen MR) is 148 cm³/mol. The molecule has 1 heterocycles. The van der Waals surface area contributed by atoms with Gasteiger partial charge in [0.05, 0.1) is 18.2 Å². The van der Waals surface area contributed by atoms with Crippen molar-refractivity contribution in [1.82, 2.24) is 0 Å². The number of carbonyl (C=O) groups excluding carboxylic acids is 3. The smallest absolute Gasteiger partial charge is 0.300 e. The van der Waals surface area contributed by atoms with Crippen LogP contribution in [0.15, 0.2) is 78.4 Å². The van der Waals surface area contributed by atoms with E-state index in [2.05, 4.69) is 5.32 Å². The summed E-state index contributed by atoms with van der Waals surface area (Å²) in [5, 5.41) is 14.2. The molecule has 1 fully saturated rings. The number of amides is 2. The summed E-state index contributed by atoms with van der Waals surface area (Å²) in [6.07, 6.45) is 0. The molecule has 0 aliphatic carbocycles. The van der Waals surface area contributed by atoms with E-state index in [1.807, 2.05) is 64.1 Å². The second-order valence-corrected chi connectivity index (χ2v) is 10.2. The Morgan fingerprint density at radius 2 is 1.66 bits per heavy atom. The largest absolute Gasteiger partial charge is 0.507 e. The SMILES string of the molecule is CCOc1ccc(/C(O)=C2/C(=O)C(=O)N(c3ccc(NC(C)=O)cc3)C2c2ccccc2)cc1C(C)(C)C. The summed E-state index contributed by atoms with van der Waals surface area (Å²) >= 11 is 0. The van der Waals surface area contributed by atoms with Crippen molar-refractivity contribution in [2.24, 2.45) is 0 Å². The zero-order chi connectivity index (χ0) is 27.6. The molecule has 0 saturated carbocycles. The monoisotopic (exact) mass is 512 g/mol. The van der Waals surface area contributed by atoms with E-state index in [4.69, 9.17) is 4.74 Å². The Bertz CT molecular complexity index is 1400. The Balaban J connectivity index is 1.88. The maximum atomic E-state index is 13.5. The molecule has 1 saturated heterocycles. The maximum absolute atomic E-state index is 13.5. The van der Waals surface area contributed by atoms with E-state index in [-0.39, 0.29) is 22.7 Å². The standard InChI is InChI=1S/C31H32N2O5/c1-6-38-25-17-12-21(18-24(25)31(3,4)5)28(35)26-27(20-10-8-7-9-11-20)33(30(37)29(26)36)23-15-13-22(14-16-23)32-19(2)34/h7-18,27,35H,6H2,1-5H3,(H,32,34)/b28-26-. The van der Waals surface area contributed by atoms with Crippen molar-refractivity contribution in [3.05, 3.63) is 95.1 Å². The molecule has 3 aromatic rings. The van der Waals surface area contributed by atoms with Crippen LogP contribution in [0.25, 0.3) is 5.76 Å². The van der Waals surface area contributed by atoms with Gasteiger partial charge >= 0.3 is 0 Å². The topological polar surface area (TPSA) is 95.9 Å². The van der Waals surface area contributed by atoms with Crippen molar-refractivity contribution >= 4 is 34.7 Å². The molecule has 1 aliphatic rings. The Labute approximate surface area is 222 Å². The number of aliphatic hydroxyl groups excluding tert-OH is 1. The van der Waals surface area contributed by atoms with Gasteiger partial charge in [0, 0.05) is 29.4 Å².